The molecule has 210 valence electrons. The summed E-state index contributed by atoms with van der Waals surface area (Å²) in [6.07, 6.45) is 3.50. The predicted molar refractivity (Wildman–Crippen MR) is 170 cm³/mol. The van der Waals surface area contributed by atoms with Crippen LogP contribution in [0.15, 0.2) is 128 Å². The van der Waals surface area contributed by atoms with Gasteiger partial charge >= 0.3 is 0 Å². The number of benzene rings is 4. The molecule has 0 bridgehead atoms. The second kappa shape index (κ2) is 11.1. The average molecular weight is 563 g/mol. The van der Waals surface area contributed by atoms with Crippen LogP contribution in [-0.2, 0) is 19.6 Å². The summed E-state index contributed by atoms with van der Waals surface area (Å²) in [5, 5.41) is 2.37. The number of fused-ring (bicyclic) bond motifs is 3. The zero-order valence-corrected chi connectivity index (χ0v) is 23.9. The molecule has 6 nitrogen and oxygen atoms in total. The fourth-order valence-electron chi connectivity index (χ4n) is 5.99. The van der Waals surface area contributed by atoms with E-state index >= 15 is 0 Å². The number of carbonyl (C=O) groups is 2. The molecule has 0 aliphatic carbocycles. The zero-order valence-electron chi connectivity index (χ0n) is 23.9. The van der Waals surface area contributed by atoms with Gasteiger partial charge in [0.1, 0.15) is 5.69 Å². The number of amides is 2. The Hall–Kier alpha value is -5.49. The van der Waals surface area contributed by atoms with Crippen LogP contribution in [-0.4, -0.2) is 33.3 Å². The van der Waals surface area contributed by atoms with Gasteiger partial charge in [-0.2, -0.15) is 0 Å². The van der Waals surface area contributed by atoms with Crippen LogP contribution < -0.4 is 4.90 Å². The Kier molecular flexibility index (Phi) is 6.79. The van der Waals surface area contributed by atoms with Crippen molar-refractivity contribution in [3.63, 3.8) is 0 Å². The molecule has 0 unspecified atom stereocenters. The van der Waals surface area contributed by atoms with E-state index in [0.29, 0.717) is 30.9 Å². The van der Waals surface area contributed by atoms with Gasteiger partial charge in [0, 0.05) is 42.9 Å². The summed E-state index contributed by atoms with van der Waals surface area (Å²) in [5.74, 6) is -0.149. The number of aromatic nitrogens is 2. The van der Waals surface area contributed by atoms with Gasteiger partial charge in [0.15, 0.2) is 0 Å². The molecular weight excluding hydrogens is 532 g/mol. The highest BCUT2D eigenvalue weighted by Gasteiger charge is 2.28. The van der Waals surface area contributed by atoms with Gasteiger partial charge in [0.05, 0.1) is 13.1 Å². The van der Waals surface area contributed by atoms with Crippen molar-refractivity contribution in [1.82, 2.24) is 14.5 Å². The minimum absolute atomic E-state index is 0.0728. The maximum absolute atomic E-state index is 14.1. The fourth-order valence-corrected chi connectivity index (χ4v) is 5.99. The second-order valence-corrected chi connectivity index (χ2v) is 10.9. The van der Waals surface area contributed by atoms with Gasteiger partial charge in [-0.25, -0.2) is 0 Å². The molecule has 0 N–H and O–H groups in total. The van der Waals surface area contributed by atoms with E-state index in [1.165, 1.54) is 10.8 Å². The third-order valence-corrected chi connectivity index (χ3v) is 8.19. The average Bonchev–Trinajstić information content (AvgIpc) is 3.37. The highest BCUT2D eigenvalue weighted by Crippen LogP contribution is 2.32. The molecule has 43 heavy (non-hydrogen) atoms. The number of hydrogen-bond donors (Lipinski definition) is 0. The molecule has 0 fully saturated rings. The van der Waals surface area contributed by atoms with Crippen molar-refractivity contribution in [2.75, 3.05) is 11.9 Å². The van der Waals surface area contributed by atoms with E-state index in [-0.39, 0.29) is 11.8 Å². The molecule has 1 aliphatic rings. The molecular formula is C37H30N4O2. The van der Waals surface area contributed by atoms with Crippen LogP contribution in [0, 0.1) is 0 Å². The highest BCUT2D eigenvalue weighted by molar-refractivity contribution is 6.07. The van der Waals surface area contributed by atoms with E-state index in [4.69, 9.17) is 0 Å². The van der Waals surface area contributed by atoms with E-state index in [2.05, 4.69) is 35.3 Å². The topological polar surface area (TPSA) is 58.4 Å². The first kappa shape index (κ1) is 26.4. The third-order valence-electron chi connectivity index (χ3n) is 8.19. The number of anilines is 1. The van der Waals surface area contributed by atoms with Crippen LogP contribution in [0.25, 0.3) is 21.9 Å². The summed E-state index contributed by atoms with van der Waals surface area (Å²) in [6.45, 7) is 1.33. The van der Waals surface area contributed by atoms with Gasteiger partial charge in [-0.15, -0.1) is 0 Å². The lowest BCUT2D eigenvalue weighted by atomic mass is 9.97. The Balaban J connectivity index is 1.19. The van der Waals surface area contributed by atoms with Gasteiger partial charge in [-0.3, -0.25) is 14.6 Å². The van der Waals surface area contributed by atoms with Crippen molar-refractivity contribution in [2.45, 2.75) is 19.6 Å². The molecule has 2 aromatic heterocycles. The zero-order chi connectivity index (χ0) is 29.3. The summed E-state index contributed by atoms with van der Waals surface area (Å²) in [7, 11) is 1.80. The minimum Gasteiger partial charge on any atom is -0.336 e. The van der Waals surface area contributed by atoms with Crippen LogP contribution in [0.3, 0.4) is 0 Å². The quantitative estimate of drug-likeness (QED) is 0.224. The van der Waals surface area contributed by atoms with Crippen molar-refractivity contribution in [3.8, 4) is 11.1 Å². The molecule has 1 aliphatic heterocycles. The summed E-state index contributed by atoms with van der Waals surface area (Å²) in [5.41, 5.74) is 7.15. The van der Waals surface area contributed by atoms with E-state index in [0.717, 1.165) is 33.6 Å². The molecule has 2 amide bonds. The molecule has 3 heterocycles. The summed E-state index contributed by atoms with van der Waals surface area (Å²) < 4.78 is 2.04. The van der Waals surface area contributed by atoms with Crippen LogP contribution in [0.5, 0.6) is 0 Å². The molecule has 4 aromatic carbocycles. The second-order valence-electron chi connectivity index (χ2n) is 10.9. The molecule has 0 atom stereocenters. The van der Waals surface area contributed by atoms with Crippen molar-refractivity contribution in [1.29, 1.82) is 0 Å². The fraction of sp³-hybridized carbons (Fsp3) is 0.108. The Labute approximate surface area is 250 Å². The van der Waals surface area contributed by atoms with Gasteiger partial charge in [-0.05, 0) is 69.4 Å². The van der Waals surface area contributed by atoms with E-state index in [9.17, 15) is 9.59 Å². The molecule has 6 aromatic rings. The highest BCUT2D eigenvalue weighted by atomic mass is 16.2. The number of para-hydroxylation sites is 1. The van der Waals surface area contributed by atoms with Crippen LogP contribution >= 0.6 is 0 Å². The number of pyridine rings is 1. The predicted octanol–water partition coefficient (Wildman–Crippen LogP) is 7.18. The SMILES string of the molecule is CN(Cc1cccnc1)C(=O)c1ccc2n1Cc1ccccc1N(C(=O)c1ccc(-c3cccc4ccccc34)cc1)C2. The number of nitrogens with zero attached hydrogens (tertiary/aromatic N) is 4. The van der Waals surface area contributed by atoms with E-state index in [1.807, 2.05) is 94.4 Å². The lowest BCUT2D eigenvalue weighted by Gasteiger charge is -2.23. The first-order chi connectivity index (χ1) is 21.1. The van der Waals surface area contributed by atoms with Crippen LogP contribution in [0.2, 0.25) is 0 Å². The van der Waals surface area contributed by atoms with Gasteiger partial charge in [-0.1, -0.05) is 78.9 Å². The lowest BCUT2D eigenvalue weighted by Crippen LogP contribution is -2.31. The first-order valence-electron chi connectivity index (χ1n) is 14.4. The Morgan fingerprint density at radius 2 is 1.58 bits per heavy atom. The van der Waals surface area contributed by atoms with Gasteiger partial charge in [0.25, 0.3) is 11.8 Å². The van der Waals surface area contributed by atoms with Gasteiger partial charge < -0.3 is 14.4 Å². The smallest absolute Gasteiger partial charge is 0.270 e. The molecule has 6 heteroatoms. The van der Waals surface area contributed by atoms with Crippen molar-refractivity contribution < 1.29 is 9.59 Å². The lowest BCUT2D eigenvalue weighted by molar-refractivity contribution is 0.0774. The molecule has 0 saturated heterocycles. The number of carbonyl (C=O) groups excluding carboxylic acids is 2. The Morgan fingerprint density at radius 1 is 0.791 bits per heavy atom. The molecule has 0 saturated carbocycles. The first-order valence-corrected chi connectivity index (χ1v) is 14.4. The van der Waals surface area contributed by atoms with Crippen molar-refractivity contribution in [3.05, 3.63) is 156 Å². The van der Waals surface area contributed by atoms with E-state index < -0.39 is 0 Å². The number of hydrogen-bond acceptors (Lipinski definition) is 3. The maximum atomic E-state index is 14.1. The summed E-state index contributed by atoms with van der Waals surface area (Å²) in [6, 6.07) is 38.1. The third kappa shape index (κ3) is 4.97. The summed E-state index contributed by atoms with van der Waals surface area (Å²) >= 11 is 0. The Morgan fingerprint density at radius 3 is 2.42 bits per heavy atom. The molecule has 0 spiro atoms. The standard InChI is InChI=1S/C37H30N4O2/c1-39(23-26-8-7-21-38-22-26)37(43)35-20-19-31-25-41(34-14-5-3-10-30(34)24-40(31)35)36(42)29-17-15-28(16-18-29)33-13-6-11-27-9-2-4-12-32(27)33/h2-22H,23-25H2,1H3. The number of rotatable bonds is 5. The summed E-state index contributed by atoms with van der Waals surface area (Å²) in [4.78, 5) is 35.4. The molecule has 7 rings (SSSR count). The van der Waals surface area contributed by atoms with E-state index in [1.54, 1.807) is 24.3 Å². The van der Waals surface area contributed by atoms with Crippen LogP contribution in [0.4, 0.5) is 5.69 Å². The maximum Gasteiger partial charge on any atom is 0.270 e. The van der Waals surface area contributed by atoms with Gasteiger partial charge in [0.2, 0.25) is 0 Å². The normalized spacial score (nSPS) is 12.3. The molecule has 0 radical (unpaired) electrons. The largest absolute Gasteiger partial charge is 0.336 e. The van der Waals surface area contributed by atoms with Crippen molar-refractivity contribution in [2.24, 2.45) is 0 Å². The minimum atomic E-state index is -0.0758. The monoisotopic (exact) mass is 562 g/mol. The van der Waals surface area contributed by atoms with Crippen LogP contribution in [0.1, 0.15) is 37.7 Å². The Bertz CT molecular complexity index is 1960. The van der Waals surface area contributed by atoms with Crippen molar-refractivity contribution >= 4 is 28.3 Å².